The number of hydrogen-bond acceptors (Lipinski definition) is 7. The van der Waals surface area contributed by atoms with Crippen LogP contribution in [0.1, 0.15) is 136 Å². The molecule has 0 aromatic rings. The lowest BCUT2D eigenvalue weighted by Gasteiger charge is -2.20. The molecule has 0 saturated heterocycles. The smallest absolute Gasteiger partial charge is 0.457 e. The van der Waals surface area contributed by atoms with Crippen molar-refractivity contribution in [2.24, 2.45) is 5.73 Å². The Labute approximate surface area is 251 Å². The lowest BCUT2D eigenvalue weighted by Crippen LogP contribution is -2.28. The van der Waals surface area contributed by atoms with Crippen LogP contribution in [-0.2, 0) is 27.9 Å². The van der Waals surface area contributed by atoms with Crippen LogP contribution < -0.4 is 5.73 Å². The molecule has 0 saturated carbocycles. The molecular weight excluding hydrogens is 541 g/mol. The van der Waals surface area contributed by atoms with Gasteiger partial charge in [0.15, 0.2) is 0 Å². The molecule has 3 N–H and O–H groups in total. The number of carbonyl (C=O) groups is 1. The van der Waals surface area contributed by atoms with Crippen molar-refractivity contribution >= 4 is 13.8 Å². The van der Waals surface area contributed by atoms with E-state index < -0.39 is 13.9 Å². The van der Waals surface area contributed by atoms with E-state index in [9.17, 15) is 14.3 Å². The van der Waals surface area contributed by atoms with E-state index in [4.69, 9.17) is 24.3 Å². The SMILES string of the molecule is CCCC/C=C\C/C=C\CCCCCCCC(=O)OC(COCCCCCCCCCC)COP(=O)(O)OCCN. The first-order chi connectivity index (χ1) is 19.9. The molecule has 0 aliphatic rings. The second-order valence-electron chi connectivity index (χ2n) is 10.7. The molecule has 0 aliphatic carbocycles. The lowest BCUT2D eigenvalue weighted by atomic mass is 10.1. The third-order valence-electron chi connectivity index (χ3n) is 6.62. The van der Waals surface area contributed by atoms with Gasteiger partial charge in [0, 0.05) is 19.6 Å². The highest BCUT2D eigenvalue weighted by Crippen LogP contribution is 2.43. The van der Waals surface area contributed by atoms with Crippen molar-refractivity contribution in [2.75, 3.05) is 33.0 Å². The molecule has 41 heavy (non-hydrogen) atoms. The van der Waals surface area contributed by atoms with Gasteiger partial charge in [0.2, 0.25) is 0 Å². The number of nitrogens with two attached hydrogens (primary N) is 1. The van der Waals surface area contributed by atoms with E-state index in [1.165, 1.54) is 57.8 Å². The molecule has 0 rings (SSSR count). The van der Waals surface area contributed by atoms with Crippen molar-refractivity contribution in [2.45, 2.75) is 142 Å². The summed E-state index contributed by atoms with van der Waals surface area (Å²) in [6, 6.07) is 0. The second-order valence-corrected chi connectivity index (χ2v) is 12.1. The zero-order valence-corrected chi connectivity index (χ0v) is 27.2. The Morgan fingerprint density at radius 3 is 1.98 bits per heavy atom. The molecule has 0 fully saturated rings. The van der Waals surface area contributed by atoms with Crippen LogP contribution in [0.5, 0.6) is 0 Å². The molecule has 242 valence electrons. The van der Waals surface area contributed by atoms with Gasteiger partial charge in [-0.05, 0) is 38.5 Å². The Bertz CT molecular complexity index is 687. The molecule has 0 amide bonds. The van der Waals surface area contributed by atoms with Gasteiger partial charge >= 0.3 is 13.8 Å². The highest BCUT2D eigenvalue weighted by atomic mass is 31.2. The van der Waals surface area contributed by atoms with Crippen LogP contribution >= 0.6 is 7.82 Å². The van der Waals surface area contributed by atoms with E-state index in [-0.39, 0.29) is 32.3 Å². The van der Waals surface area contributed by atoms with E-state index in [1.54, 1.807) is 0 Å². The third-order valence-corrected chi connectivity index (χ3v) is 7.61. The third kappa shape index (κ3) is 30.2. The van der Waals surface area contributed by atoms with Gasteiger partial charge in [0.05, 0.1) is 19.8 Å². The fourth-order valence-electron chi connectivity index (χ4n) is 4.19. The summed E-state index contributed by atoms with van der Waals surface area (Å²) < 4.78 is 33.0. The van der Waals surface area contributed by atoms with Crippen LogP contribution in [0.15, 0.2) is 24.3 Å². The summed E-state index contributed by atoms with van der Waals surface area (Å²) in [5.74, 6) is -0.347. The van der Waals surface area contributed by atoms with Gasteiger partial charge in [-0.25, -0.2) is 4.57 Å². The number of allylic oxidation sites excluding steroid dienone is 4. The summed E-state index contributed by atoms with van der Waals surface area (Å²) in [7, 11) is -4.26. The highest BCUT2D eigenvalue weighted by molar-refractivity contribution is 7.47. The number of carbonyl (C=O) groups excluding carboxylic acids is 1. The number of hydrogen-bond donors (Lipinski definition) is 2. The number of rotatable bonds is 31. The number of phosphoric acid groups is 1. The molecule has 0 aliphatic heterocycles. The van der Waals surface area contributed by atoms with E-state index in [1.807, 2.05) is 0 Å². The van der Waals surface area contributed by atoms with Crippen LogP contribution in [0, 0.1) is 0 Å². The van der Waals surface area contributed by atoms with E-state index in [2.05, 4.69) is 38.2 Å². The summed E-state index contributed by atoms with van der Waals surface area (Å²) >= 11 is 0. The summed E-state index contributed by atoms with van der Waals surface area (Å²) in [6.07, 6.45) is 29.0. The maximum Gasteiger partial charge on any atom is 0.472 e. The van der Waals surface area contributed by atoms with Gasteiger partial charge in [-0.1, -0.05) is 115 Å². The Kier molecular flexibility index (Phi) is 29.7. The summed E-state index contributed by atoms with van der Waals surface area (Å²) in [4.78, 5) is 22.2. The largest absolute Gasteiger partial charge is 0.472 e. The van der Waals surface area contributed by atoms with Gasteiger partial charge in [-0.15, -0.1) is 0 Å². The quantitative estimate of drug-likeness (QED) is 0.0350. The van der Waals surface area contributed by atoms with E-state index in [0.29, 0.717) is 13.0 Å². The van der Waals surface area contributed by atoms with Crippen molar-refractivity contribution in [3.8, 4) is 0 Å². The van der Waals surface area contributed by atoms with Crippen LogP contribution in [0.2, 0.25) is 0 Å². The van der Waals surface area contributed by atoms with Gasteiger partial charge in [0.1, 0.15) is 6.10 Å². The zero-order chi connectivity index (χ0) is 30.3. The van der Waals surface area contributed by atoms with Crippen LogP contribution in [0.25, 0.3) is 0 Å². The first-order valence-electron chi connectivity index (χ1n) is 16.3. The van der Waals surface area contributed by atoms with Crippen LogP contribution in [0.3, 0.4) is 0 Å². The summed E-state index contributed by atoms with van der Waals surface area (Å²) in [6.45, 7) is 4.82. The molecule has 0 heterocycles. The Morgan fingerprint density at radius 1 is 0.732 bits per heavy atom. The zero-order valence-electron chi connectivity index (χ0n) is 26.3. The Hall–Kier alpha value is -1.02. The molecule has 2 atom stereocenters. The van der Waals surface area contributed by atoms with Crippen LogP contribution in [-0.4, -0.2) is 49.9 Å². The minimum atomic E-state index is -4.26. The molecule has 0 spiro atoms. The Balaban J connectivity index is 4.17. The van der Waals surface area contributed by atoms with E-state index >= 15 is 0 Å². The molecule has 0 bridgehead atoms. The van der Waals surface area contributed by atoms with Crippen molar-refractivity contribution in [1.82, 2.24) is 0 Å². The number of ether oxygens (including phenoxy) is 2. The highest BCUT2D eigenvalue weighted by Gasteiger charge is 2.25. The maximum atomic E-state index is 12.4. The predicted molar refractivity (Wildman–Crippen MR) is 169 cm³/mol. The normalized spacial score (nSPS) is 14.1. The second kappa shape index (κ2) is 30.4. The molecular formula is C32H62NO7P. The van der Waals surface area contributed by atoms with Crippen molar-refractivity contribution in [1.29, 1.82) is 0 Å². The minimum Gasteiger partial charge on any atom is -0.457 e. The number of unbranched alkanes of at least 4 members (excludes halogenated alkanes) is 14. The van der Waals surface area contributed by atoms with E-state index in [0.717, 1.165) is 57.8 Å². The minimum absolute atomic E-state index is 0.0973. The van der Waals surface area contributed by atoms with Gasteiger partial charge in [-0.3, -0.25) is 13.8 Å². The monoisotopic (exact) mass is 603 g/mol. The van der Waals surface area contributed by atoms with Crippen LogP contribution in [0.4, 0.5) is 0 Å². The standard InChI is InChI=1S/C32H62NO7P/c1-3-5-7-9-11-13-14-15-16-17-18-19-21-23-25-32(34)40-31(30-39-41(35,36)38-28-26-33)29-37-27-24-22-20-12-10-8-6-4-2/h9,11,14-15,31H,3-8,10,12-13,16-30,33H2,1-2H3,(H,35,36)/b11-9-,15-14-. The molecule has 9 heteroatoms. The number of phosphoric ester groups is 1. The molecule has 0 aromatic heterocycles. The van der Waals surface area contributed by atoms with Gasteiger partial charge < -0.3 is 20.1 Å². The summed E-state index contributed by atoms with van der Waals surface area (Å²) in [5, 5.41) is 0. The fraction of sp³-hybridized carbons (Fsp3) is 0.844. The maximum absolute atomic E-state index is 12.4. The first-order valence-corrected chi connectivity index (χ1v) is 17.8. The van der Waals surface area contributed by atoms with Crippen molar-refractivity contribution < 1.29 is 32.8 Å². The number of esters is 1. The molecule has 0 radical (unpaired) electrons. The molecule has 0 aromatic carbocycles. The van der Waals surface area contributed by atoms with Gasteiger partial charge in [-0.2, -0.15) is 0 Å². The van der Waals surface area contributed by atoms with Crippen molar-refractivity contribution in [3.05, 3.63) is 24.3 Å². The van der Waals surface area contributed by atoms with Gasteiger partial charge in [0.25, 0.3) is 0 Å². The average Bonchev–Trinajstić information content (AvgIpc) is 2.96. The first kappa shape index (κ1) is 40.0. The fourth-order valence-corrected chi connectivity index (χ4v) is 4.95. The topological polar surface area (TPSA) is 117 Å². The average molecular weight is 604 g/mol. The predicted octanol–water partition coefficient (Wildman–Crippen LogP) is 8.57. The lowest BCUT2D eigenvalue weighted by molar-refractivity contribution is -0.154. The molecule has 8 nitrogen and oxygen atoms in total. The molecule has 2 unspecified atom stereocenters. The summed E-state index contributed by atoms with van der Waals surface area (Å²) in [5.41, 5.74) is 5.32. The Morgan fingerprint density at radius 2 is 1.32 bits per heavy atom. The van der Waals surface area contributed by atoms with Crippen molar-refractivity contribution in [3.63, 3.8) is 0 Å².